The van der Waals surface area contributed by atoms with E-state index >= 15 is 0 Å². The van der Waals surface area contributed by atoms with Gasteiger partial charge >= 0.3 is 0 Å². The maximum Gasteiger partial charge on any atom is 0.255 e. The Morgan fingerprint density at radius 3 is 2.45 bits per heavy atom. The molecule has 1 aromatic heterocycles. The molecule has 0 bridgehead atoms. The van der Waals surface area contributed by atoms with Crippen molar-refractivity contribution in [2.24, 2.45) is 0 Å². The van der Waals surface area contributed by atoms with Crippen LogP contribution in [0.3, 0.4) is 0 Å². The molecule has 0 saturated carbocycles. The van der Waals surface area contributed by atoms with E-state index in [1.807, 2.05) is 12.1 Å². The highest BCUT2D eigenvalue weighted by Crippen LogP contribution is 2.25. The molecule has 5 nitrogen and oxygen atoms in total. The number of nitrogens with zero attached hydrogens (tertiary/aromatic N) is 4. The molecule has 0 atom stereocenters. The minimum Gasteiger partial charge on any atom is -0.353 e. The number of anilines is 1. The van der Waals surface area contributed by atoms with E-state index in [0.29, 0.717) is 36.8 Å². The third-order valence-electron chi connectivity index (χ3n) is 4.84. The van der Waals surface area contributed by atoms with E-state index in [1.165, 1.54) is 18.5 Å². The number of aromatic nitrogens is 2. The summed E-state index contributed by atoms with van der Waals surface area (Å²) in [4.78, 5) is 25.4. The Morgan fingerprint density at radius 2 is 1.72 bits per heavy atom. The van der Waals surface area contributed by atoms with Crippen LogP contribution in [0.5, 0.6) is 0 Å². The second kappa shape index (κ2) is 8.47. The molecule has 8 heteroatoms. The predicted octanol–water partition coefficient (Wildman–Crippen LogP) is 4.66. The molecule has 0 N–H and O–H groups in total. The largest absolute Gasteiger partial charge is 0.353 e. The molecule has 0 aliphatic carbocycles. The van der Waals surface area contributed by atoms with Crippen LogP contribution in [0, 0.1) is 5.82 Å². The lowest BCUT2D eigenvalue weighted by Gasteiger charge is -2.35. The quantitative estimate of drug-likeness (QED) is 0.553. The van der Waals surface area contributed by atoms with Crippen molar-refractivity contribution in [2.75, 3.05) is 31.1 Å². The molecule has 2 aromatic carbocycles. The summed E-state index contributed by atoms with van der Waals surface area (Å²) >= 11 is 9.59. The minimum absolute atomic E-state index is 0.0781. The molecule has 1 aliphatic heterocycles. The van der Waals surface area contributed by atoms with Gasteiger partial charge in [-0.25, -0.2) is 14.4 Å². The molecule has 3 aromatic rings. The van der Waals surface area contributed by atoms with Gasteiger partial charge in [0.15, 0.2) is 0 Å². The van der Waals surface area contributed by atoms with Gasteiger partial charge in [-0.1, -0.05) is 27.5 Å². The third kappa shape index (κ3) is 4.41. The second-order valence-electron chi connectivity index (χ2n) is 6.67. The molecule has 0 spiro atoms. The predicted molar refractivity (Wildman–Crippen MR) is 115 cm³/mol. The van der Waals surface area contributed by atoms with Gasteiger partial charge in [0.05, 0.1) is 16.3 Å². The van der Waals surface area contributed by atoms with Crippen molar-refractivity contribution >= 4 is 39.3 Å². The van der Waals surface area contributed by atoms with Crippen molar-refractivity contribution in [3.8, 4) is 11.3 Å². The summed E-state index contributed by atoms with van der Waals surface area (Å²) in [6, 6.07) is 13.4. The summed E-state index contributed by atoms with van der Waals surface area (Å²) in [6.45, 7) is 2.43. The first-order valence-corrected chi connectivity index (χ1v) is 10.3. The average molecular weight is 476 g/mol. The van der Waals surface area contributed by atoms with Crippen LogP contribution in [-0.2, 0) is 0 Å². The van der Waals surface area contributed by atoms with Gasteiger partial charge in [0.1, 0.15) is 18.0 Å². The van der Waals surface area contributed by atoms with Crippen molar-refractivity contribution in [1.29, 1.82) is 0 Å². The fraction of sp³-hybridized carbons (Fsp3) is 0.190. The van der Waals surface area contributed by atoms with Gasteiger partial charge in [0.25, 0.3) is 5.91 Å². The van der Waals surface area contributed by atoms with Crippen LogP contribution in [0.4, 0.5) is 10.2 Å². The normalized spacial score (nSPS) is 14.2. The average Bonchev–Trinajstić information content (AvgIpc) is 2.76. The topological polar surface area (TPSA) is 49.3 Å². The van der Waals surface area contributed by atoms with E-state index in [9.17, 15) is 9.18 Å². The molecule has 29 heavy (non-hydrogen) atoms. The minimum atomic E-state index is -0.283. The van der Waals surface area contributed by atoms with Crippen molar-refractivity contribution in [3.05, 3.63) is 75.7 Å². The van der Waals surface area contributed by atoms with Crippen LogP contribution in [0.15, 0.2) is 59.3 Å². The summed E-state index contributed by atoms with van der Waals surface area (Å²) in [5.41, 5.74) is 2.05. The van der Waals surface area contributed by atoms with E-state index in [4.69, 9.17) is 11.6 Å². The summed E-state index contributed by atoms with van der Waals surface area (Å²) in [5, 5.41) is 0.445. The fourth-order valence-corrected chi connectivity index (χ4v) is 3.83. The molecule has 0 unspecified atom stereocenters. The number of carbonyl (C=O) groups excluding carboxylic acids is 1. The molecule has 148 valence electrons. The Morgan fingerprint density at radius 1 is 1.00 bits per heavy atom. The van der Waals surface area contributed by atoms with Gasteiger partial charge in [-0.3, -0.25) is 4.79 Å². The standard InChI is InChI=1S/C21H17BrClFN4O/c22-15-3-6-18(23)17(11-15)21(29)28-9-7-27(8-10-28)20-12-19(25-13-26-20)14-1-4-16(24)5-2-14/h1-6,11-13H,7-10H2. The van der Waals surface area contributed by atoms with Gasteiger partial charge in [0, 0.05) is 42.3 Å². The lowest BCUT2D eigenvalue weighted by Crippen LogP contribution is -2.49. The number of amides is 1. The van der Waals surface area contributed by atoms with Gasteiger partial charge in [-0.15, -0.1) is 0 Å². The van der Waals surface area contributed by atoms with Crippen LogP contribution < -0.4 is 4.90 Å². The SMILES string of the molecule is O=C(c1cc(Br)ccc1Cl)N1CCN(c2cc(-c3ccc(F)cc3)ncn2)CC1. The van der Waals surface area contributed by atoms with E-state index in [-0.39, 0.29) is 11.7 Å². The summed E-state index contributed by atoms with van der Waals surface area (Å²) < 4.78 is 14.0. The molecule has 1 amide bonds. The smallest absolute Gasteiger partial charge is 0.255 e. The van der Waals surface area contributed by atoms with Crippen molar-refractivity contribution in [2.45, 2.75) is 0 Å². The van der Waals surface area contributed by atoms with Crippen molar-refractivity contribution in [1.82, 2.24) is 14.9 Å². The zero-order valence-electron chi connectivity index (χ0n) is 15.4. The number of hydrogen-bond acceptors (Lipinski definition) is 4. The maximum atomic E-state index is 13.2. The molecule has 1 saturated heterocycles. The number of piperazine rings is 1. The first-order valence-electron chi connectivity index (χ1n) is 9.08. The van der Waals surface area contributed by atoms with Crippen molar-refractivity contribution < 1.29 is 9.18 Å². The number of halogens is 3. The maximum absolute atomic E-state index is 13.2. The van der Waals surface area contributed by atoms with E-state index in [0.717, 1.165) is 21.5 Å². The Hall–Kier alpha value is -2.51. The highest BCUT2D eigenvalue weighted by molar-refractivity contribution is 9.10. The highest BCUT2D eigenvalue weighted by atomic mass is 79.9. The number of hydrogen-bond donors (Lipinski definition) is 0. The Bertz CT molecular complexity index is 1040. The third-order valence-corrected chi connectivity index (χ3v) is 5.67. The molecular weight excluding hydrogens is 459 g/mol. The van der Waals surface area contributed by atoms with Crippen LogP contribution in [-0.4, -0.2) is 47.0 Å². The number of rotatable bonds is 3. The van der Waals surface area contributed by atoms with Gasteiger partial charge in [-0.05, 0) is 42.5 Å². The van der Waals surface area contributed by atoms with Crippen LogP contribution >= 0.6 is 27.5 Å². The van der Waals surface area contributed by atoms with E-state index in [1.54, 1.807) is 29.2 Å². The number of carbonyl (C=O) groups is 1. The second-order valence-corrected chi connectivity index (χ2v) is 7.99. The molecule has 4 rings (SSSR count). The molecule has 1 fully saturated rings. The lowest BCUT2D eigenvalue weighted by atomic mass is 10.1. The first kappa shape index (κ1) is 19.8. The fourth-order valence-electron chi connectivity index (χ4n) is 3.27. The summed E-state index contributed by atoms with van der Waals surface area (Å²) in [7, 11) is 0. The zero-order chi connectivity index (χ0) is 20.4. The van der Waals surface area contributed by atoms with Crippen LogP contribution in [0.25, 0.3) is 11.3 Å². The van der Waals surface area contributed by atoms with E-state index < -0.39 is 0 Å². The Labute approximate surface area is 181 Å². The van der Waals surface area contributed by atoms with Gasteiger partial charge in [-0.2, -0.15) is 0 Å². The monoisotopic (exact) mass is 474 g/mol. The molecule has 2 heterocycles. The molecular formula is C21H17BrClFN4O. The molecule has 0 radical (unpaired) electrons. The van der Waals surface area contributed by atoms with E-state index in [2.05, 4.69) is 30.8 Å². The zero-order valence-corrected chi connectivity index (χ0v) is 17.7. The first-order chi connectivity index (χ1) is 14.0. The van der Waals surface area contributed by atoms with Crippen molar-refractivity contribution in [3.63, 3.8) is 0 Å². The lowest BCUT2D eigenvalue weighted by molar-refractivity contribution is 0.0746. The van der Waals surface area contributed by atoms with Crippen LogP contribution in [0.1, 0.15) is 10.4 Å². The summed E-state index contributed by atoms with van der Waals surface area (Å²) in [5.74, 6) is 0.423. The van der Waals surface area contributed by atoms with Gasteiger partial charge < -0.3 is 9.80 Å². The Balaban J connectivity index is 1.46. The summed E-state index contributed by atoms with van der Waals surface area (Å²) in [6.07, 6.45) is 1.51. The highest BCUT2D eigenvalue weighted by Gasteiger charge is 2.24. The van der Waals surface area contributed by atoms with Crippen LogP contribution in [0.2, 0.25) is 5.02 Å². The number of benzene rings is 2. The van der Waals surface area contributed by atoms with Gasteiger partial charge in [0.2, 0.25) is 0 Å². The Kier molecular flexibility index (Phi) is 5.78. The molecule has 1 aliphatic rings.